The van der Waals surface area contributed by atoms with E-state index in [1.165, 1.54) is 61.5 Å². The molecule has 17 nitrogen and oxygen atoms in total. The number of aryl methyl sites for hydroxylation is 8. The van der Waals surface area contributed by atoms with E-state index < -0.39 is 5.91 Å². The lowest BCUT2D eigenvalue weighted by Crippen LogP contribution is -2.14. The van der Waals surface area contributed by atoms with Crippen molar-refractivity contribution in [2.75, 3.05) is 16.0 Å². The number of anilines is 3. The lowest BCUT2D eigenvalue weighted by molar-refractivity contribution is 0.100. The highest BCUT2D eigenvalue weighted by molar-refractivity contribution is 6.07. The number of carbonyl (C=O) groups excluding carboxylic acids is 4. The van der Waals surface area contributed by atoms with Crippen molar-refractivity contribution in [1.82, 2.24) is 0 Å². The summed E-state index contributed by atoms with van der Waals surface area (Å²) in [6.07, 6.45) is 0. The van der Waals surface area contributed by atoms with E-state index in [2.05, 4.69) is 16.0 Å². The van der Waals surface area contributed by atoms with Gasteiger partial charge in [0.1, 0.15) is 57.5 Å². The first-order chi connectivity index (χ1) is 39.1. The molecule has 0 unspecified atom stereocenters. The summed E-state index contributed by atoms with van der Waals surface area (Å²) in [7, 11) is 0. The van der Waals surface area contributed by atoms with Crippen LogP contribution in [-0.2, 0) is 5.41 Å². The zero-order chi connectivity index (χ0) is 62.8. The number of aromatic hydroxyl groups is 10. The van der Waals surface area contributed by atoms with Crippen molar-refractivity contribution in [3.63, 3.8) is 0 Å². The Morgan fingerprint density at radius 3 is 1.07 bits per heavy atom. The number of nitrogens with one attached hydrogen (secondary N) is 3. The first-order valence-corrected chi connectivity index (χ1v) is 26.5. The molecule has 0 saturated heterocycles. The molecule has 8 rings (SSSR count). The van der Waals surface area contributed by atoms with Gasteiger partial charge in [-0.15, -0.1) is 0 Å². The topological polar surface area (TPSA) is 307 Å². The highest BCUT2D eigenvalue weighted by atomic mass is 16.3. The third kappa shape index (κ3) is 17.2. The van der Waals surface area contributed by atoms with Crippen LogP contribution >= 0.6 is 0 Å². The molecule has 440 valence electrons. The van der Waals surface area contributed by atoms with Crippen molar-refractivity contribution >= 4 is 40.6 Å². The number of hydrogen-bond donors (Lipinski definition) is 13. The Morgan fingerprint density at radius 1 is 0.369 bits per heavy atom. The Labute approximate surface area is 488 Å². The van der Waals surface area contributed by atoms with Gasteiger partial charge in [-0.05, 0) is 164 Å². The molecule has 13 N–H and O–H groups in total. The molecule has 0 fully saturated rings. The number of phenols is 10. The Balaban J connectivity index is 0.000000205. The molecule has 8 aromatic carbocycles. The van der Waals surface area contributed by atoms with Gasteiger partial charge in [-0.3, -0.25) is 19.2 Å². The van der Waals surface area contributed by atoms with Gasteiger partial charge in [-0.1, -0.05) is 79.3 Å². The van der Waals surface area contributed by atoms with Gasteiger partial charge in [0.25, 0.3) is 17.7 Å². The summed E-state index contributed by atoms with van der Waals surface area (Å²) in [4.78, 5) is 48.0. The summed E-state index contributed by atoms with van der Waals surface area (Å²) in [5.74, 6) is -2.23. The Bertz CT molecular complexity index is 3690. The molecule has 0 aromatic heterocycles. The maximum atomic E-state index is 12.4. The molecule has 0 aliphatic carbocycles. The lowest BCUT2D eigenvalue weighted by Gasteiger charge is -2.21. The molecular formula is C67H73N3O14. The van der Waals surface area contributed by atoms with E-state index in [4.69, 9.17) is 0 Å². The summed E-state index contributed by atoms with van der Waals surface area (Å²) in [5.41, 5.74) is 10.2. The fourth-order valence-corrected chi connectivity index (χ4v) is 9.02. The first kappa shape index (κ1) is 64.7. The van der Waals surface area contributed by atoms with Crippen LogP contribution in [-0.4, -0.2) is 74.6 Å². The van der Waals surface area contributed by atoms with Crippen molar-refractivity contribution in [1.29, 1.82) is 0 Å². The van der Waals surface area contributed by atoms with Crippen LogP contribution < -0.4 is 16.0 Å². The monoisotopic (exact) mass is 1140 g/mol. The molecule has 0 saturated carbocycles. The van der Waals surface area contributed by atoms with Crippen LogP contribution in [0.15, 0.2) is 121 Å². The molecule has 0 aliphatic rings. The largest absolute Gasteiger partial charge is 0.508 e. The van der Waals surface area contributed by atoms with E-state index in [0.717, 1.165) is 45.5 Å². The summed E-state index contributed by atoms with van der Waals surface area (Å²) in [6, 6.07) is 31.5. The van der Waals surface area contributed by atoms with Crippen LogP contribution in [0.4, 0.5) is 17.1 Å². The predicted octanol–water partition coefficient (Wildman–Crippen LogP) is 13.7. The second-order valence-corrected chi connectivity index (χ2v) is 21.9. The molecule has 0 spiro atoms. The van der Waals surface area contributed by atoms with Crippen LogP contribution in [0.25, 0.3) is 0 Å². The van der Waals surface area contributed by atoms with Gasteiger partial charge >= 0.3 is 0 Å². The maximum absolute atomic E-state index is 12.4. The fraction of sp³-hybridized carbons (Fsp3) is 0.224. The van der Waals surface area contributed by atoms with Crippen LogP contribution in [0.2, 0.25) is 0 Å². The van der Waals surface area contributed by atoms with E-state index >= 15 is 0 Å². The summed E-state index contributed by atoms with van der Waals surface area (Å²) in [5, 5.41) is 106. The van der Waals surface area contributed by atoms with E-state index in [9.17, 15) is 70.2 Å². The van der Waals surface area contributed by atoms with Crippen molar-refractivity contribution < 1.29 is 70.2 Å². The van der Waals surface area contributed by atoms with E-state index in [0.29, 0.717) is 44.5 Å². The quantitative estimate of drug-likeness (QED) is 0.0363. The van der Waals surface area contributed by atoms with Gasteiger partial charge < -0.3 is 67.0 Å². The Morgan fingerprint density at radius 2 is 0.714 bits per heavy atom. The van der Waals surface area contributed by atoms with Crippen molar-refractivity contribution in [3.8, 4) is 57.5 Å². The third-order valence-electron chi connectivity index (χ3n) is 13.2. The lowest BCUT2D eigenvalue weighted by atomic mass is 9.86. The Kier molecular flexibility index (Phi) is 20.8. The van der Waals surface area contributed by atoms with E-state index in [1.54, 1.807) is 57.2 Å². The van der Waals surface area contributed by atoms with Gasteiger partial charge in [0.05, 0.1) is 22.6 Å². The van der Waals surface area contributed by atoms with Crippen LogP contribution in [0.1, 0.15) is 143 Å². The minimum atomic E-state index is -0.405. The van der Waals surface area contributed by atoms with Gasteiger partial charge in [0.15, 0.2) is 5.78 Å². The number of carbonyl (C=O) groups is 4. The summed E-state index contributed by atoms with van der Waals surface area (Å²) in [6.45, 7) is 23.7. The average molecular weight is 1140 g/mol. The minimum absolute atomic E-state index is 0.00176. The second-order valence-electron chi connectivity index (χ2n) is 21.9. The number of rotatable bonds is 9. The van der Waals surface area contributed by atoms with Crippen molar-refractivity contribution in [2.45, 2.75) is 101 Å². The maximum Gasteiger partial charge on any atom is 0.255 e. The zero-order valence-corrected chi connectivity index (χ0v) is 49.2. The Hall–Kier alpha value is -10.2. The number of amides is 3. The molecule has 0 heterocycles. The normalized spacial score (nSPS) is 10.7. The molecule has 0 radical (unpaired) electrons. The molecule has 0 atom stereocenters. The van der Waals surface area contributed by atoms with Crippen molar-refractivity contribution in [2.24, 2.45) is 0 Å². The number of hydrogen-bond acceptors (Lipinski definition) is 14. The fourth-order valence-electron chi connectivity index (χ4n) is 9.02. The SMILES string of the molecule is CC(=O)c1cc(O)c(NC(=O)c2cc(C)cc(C)c2)cc1O.Cc1cc(C)cc(C(=O)Nc2cc(O)c(C(C)(C)C)cc2O)c1.Cc1cc(C)cc(C(=O)Nc2cc(O)ccc2O)c1.Cc1cc(O)c(C(C)c2cc(O)c(C)cc2O)cc1O. The first-order valence-electron chi connectivity index (χ1n) is 26.5. The van der Waals surface area contributed by atoms with Crippen LogP contribution in [0, 0.1) is 55.4 Å². The van der Waals surface area contributed by atoms with E-state index in [1.807, 2.05) is 80.5 Å². The molecule has 17 heteroatoms. The molecule has 0 bridgehead atoms. The number of phenolic OH excluding ortho intramolecular Hbond substituents is 10. The minimum Gasteiger partial charge on any atom is -0.508 e. The molecular weight excluding hydrogens is 1070 g/mol. The van der Waals surface area contributed by atoms with Crippen molar-refractivity contribution in [3.05, 3.63) is 205 Å². The van der Waals surface area contributed by atoms with Gasteiger partial charge in [-0.2, -0.15) is 0 Å². The third-order valence-corrected chi connectivity index (χ3v) is 13.2. The number of Topliss-reactive ketones (excluding diaryl/α,β-unsaturated/α-hetero) is 1. The van der Waals surface area contributed by atoms with Gasteiger partial charge in [-0.25, -0.2) is 0 Å². The summed E-state index contributed by atoms with van der Waals surface area (Å²) < 4.78 is 0. The van der Waals surface area contributed by atoms with Crippen LogP contribution in [0.5, 0.6) is 57.5 Å². The number of ketones is 1. The highest BCUT2D eigenvalue weighted by Crippen LogP contribution is 2.41. The van der Waals surface area contributed by atoms with Gasteiger partial charge in [0, 0.05) is 57.5 Å². The smallest absolute Gasteiger partial charge is 0.255 e. The zero-order valence-electron chi connectivity index (χ0n) is 49.2. The molecule has 0 aliphatic heterocycles. The standard InChI is InChI=1S/C19H23NO3.C17H17NO4.C16H18O4.C15H15NO3/c1-11-6-12(2)8-13(7-11)18(23)20-15-10-16(21)14(9-17(15)22)19(3,4)5;1-9-4-10(2)6-12(5-9)17(22)18-14-8-15(20)13(11(3)19)7-16(14)21;1-8-4-15(19)11(6-13(8)17)10(3)12-7-14(18)9(2)5-16(12)20;1-9-5-10(2)7-11(6-9)15(19)16-13-8-12(17)3-4-14(13)18/h6-10,21-22H,1-5H3,(H,20,23);4-8,20-21H,1-3H3,(H,18,22);4-7,10,17-20H,1-3H3;3-8,17-18H,1-2H3,(H,16,19). The average Bonchev–Trinajstić information content (AvgIpc) is 2.36. The highest BCUT2D eigenvalue weighted by Gasteiger charge is 2.23. The van der Waals surface area contributed by atoms with Gasteiger partial charge in [0.2, 0.25) is 0 Å². The molecule has 84 heavy (non-hydrogen) atoms. The number of benzene rings is 8. The second kappa shape index (κ2) is 27.1. The van der Waals surface area contributed by atoms with E-state index in [-0.39, 0.29) is 109 Å². The molecule has 8 aromatic rings. The predicted molar refractivity (Wildman–Crippen MR) is 326 cm³/mol. The molecule has 3 amide bonds. The van der Waals surface area contributed by atoms with Crippen LogP contribution in [0.3, 0.4) is 0 Å². The summed E-state index contributed by atoms with van der Waals surface area (Å²) >= 11 is 0.